The van der Waals surface area contributed by atoms with Crippen molar-refractivity contribution in [2.75, 3.05) is 45.9 Å². The van der Waals surface area contributed by atoms with Crippen molar-refractivity contribution >= 4 is 0 Å². The molecule has 2 saturated heterocycles. The second-order valence-corrected chi connectivity index (χ2v) is 5.57. The first-order valence-electron chi connectivity index (χ1n) is 7.55. The third-order valence-electron chi connectivity index (χ3n) is 4.46. The lowest BCUT2D eigenvalue weighted by Crippen LogP contribution is -2.61. The molecule has 0 amide bonds. The molecule has 18 heavy (non-hydrogen) atoms. The van der Waals surface area contributed by atoms with E-state index in [9.17, 15) is 0 Å². The Bertz CT molecular complexity index is 247. The third kappa shape index (κ3) is 3.23. The van der Waals surface area contributed by atoms with Crippen LogP contribution in [0.3, 0.4) is 0 Å². The lowest BCUT2D eigenvalue weighted by Gasteiger charge is -2.46. The summed E-state index contributed by atoms with van der Waals surface area (Å²) in [5.41, 5.74) is 0. The van der Waals surface area contributed by atoms with E-state index in [1.54, 1.807) is 0 Å². The number of nitrogens with zero attached hydrogens (tertiary/aromatic N) is 2. The van der Waals surface area contributed by atoms with Crippen molar-refractivity contribution in [1.29, 1.82) is 0 Å². The maximum absolute atomic E-state index is 5.71. The topological polar surface area (TPSA) is 27.7 Å². The summed E-state index contributed by atoms with van der Waals surface area (Å²) in [7, 11) is 0. The Morgan fingerprint density at radius 3 is 2.78 bits per heavy atom. The van der Waals surface area contributed by atoms with Crippen molar-refractivity contribution in [3.05, 3.63) is 0 Å². The molecule has 4 heteroatoms. The number of hydrogen-bond donors (Lipinski definition) is 1. The van der Waals surface area contributed by atoms with Crippen molar-refractivity contribution < 1.29 is 4.74 Å². The normalized spacial score (nSPS) is 35.8. The van der Waals surface area contributed by atoms with Crippen LogP contribution in [0, 0.1) is 0 Å². The van der Waals surface area contributed by atoms with Crippen LogP contribution in [-0.2, 0) is 4.74 Å². The Balaban J connectivity index is 1.93. The lowest BCUT2D eigenvalue weighted by molar-refractivity contribution is -0.0304. The Labute approximate surface area is 112 Å². The first-order valence-corrected chi connectivity index (χ1v) is 7.55. The largest absolute Gasteiger partial charge is 0.380 e. The molecule has 1 N–H and O–H groups in total. The molecule has 0 aromatic heterocycles. The van der Waals surface area contributed by atoms with Crippen LogP contribution in [0.25, 0.3) is 0 Å². The number of nitrogens with one attached hydrogen (secondary N) is 1. The zero-order valence-corrected chi connectivity index (χ0v) is 12.2. The summed E-state index contributed by atoms with van der Waals surface area (Å²) in [6.07, 6.45) is 1.15. The number of rotatable bonds is 4. The van der Waals surface area contributed by atoms with Gasteiger partial charge in [-0.25, -0.2) is 0 Å². The summed E-state index contributed by atoms with van der Waals surface area (Å²) >= 11 is 0. The van der Waals surface area contributed by atoms with Crippen LogP contribution in [0.1, 0.15) is 27.2 Å². The zero-order chi connectivity index (χ0) is 13.0. The highest BCUT2D eigenvalue weighted by Gasteiger charge is 2.33. The van der Waals surface area contributed by atoms with Gasteiger partial charge in [0.25, 0.3) is 0 Å². The number of ether oxygens (including phenoxy) is 1. The Morgan fingerprint density at radius 2 is 2.11 bits per heavy atom. The van der Waals surface area contributed by atoms with Crippen LogP contribution in [0.5, 0.6) is 0 Å². The van der Waals surface area contributed by atoms with Gasteiger partial charge in [0.05, 0.1) is 6.61 Å². The second-order valence-electron chi connectivity index (χ2n) is 5.57. The highest BCUT2D eigenvalue weighted by Crippen LogP contribution is 2.18. The van der Waals surface area contributed by atoms with E-state index in [4.69, 9.17) is 4.74 Å². The minimum absolute atomic E-state index is 0.570. The van der Waals surface area contributed by atoms with Gasteiger partial charge >= 0.3 is 0 Å². The summed E-state index contributed by atoms with van der Waals surface area (Å²) in [6, 6.07) is 1.86. The van der Waals surface area contributed by atoms with Crippen LogP contribution >= 0.6 is 0 Å². The molecule has 0 aromatic rings. The fraction of sp³-hybridized carbons (Fsp3) is 1.00. The molecule has 0 aliphatic carbocycles. The average molecular weight is 255 g/mol. The highest BCUT2D eigenvalue weighted by atomic mass is 16.5. The first kappa shape index (κ1) is 14.3. The SMILES string of the molecule is CCNC1CCOCC1N1CCN(CC)C(C)C1. The standard InChI is InChI=1S/C14H29N3O/c1-4-15-13-6-9-18-11-14(13)17-8-7-16(5-2)12(3)10-17/h12-15H,4-11H2,1-3H3. The van der Waals surface area contributed by atoms with Gasteiger partial charge in [-0.3, -0.25) is 9.80 Å². The lowest BCUT2D eigenvalue weighted by atomic mass is 9.99. The van der Waals surface area contributed by atoms with Crippen molar-refractivity contribution in [1.82, 2.24) is 15.1 Å². The smallest absolute Gasteiger partial charge is 0.0637 e. The Hall–Kier alpha value is -0.160. The van der Waals surface area contributed by atoms with Gasteiger partial charge in [-0.15, -0.1) is 0 Å². The minimum Gasteiger partial charge on any atom is -0.380 e. The molecule has 106 valence electrons. The fourth-order valence-corrected chi connectivity index (χ4v) is 3.38. The van der Waals surface area contributed by atoms with Crippen LogP contribution < -0.4 is 5.32 Å². The predicted octanol–water partition coefficient (Wildman–Crippen LogP) is 0.779. The van der Waals surface area contributed by atoms with E-state index in [1.165, 1.54) is 26.2 Å². The van der Waals surface area contributed by atoms with Crippen LogP contribution in [0.2, 0.25) is 0 Å². The minimum atomic E-state index is 0.570. The molecule has 2 aliphatic heterocycles. The number of piperazine rings is 1. The number of hydrogen-bond acceptors (Lipinski definition) is 4. The van der Waals surface area contributed by atoms with Crippen molar-refractivity contribution in [3.63, 3.8) is 0 Å². The molecule has 0 bridgehead atoms. The molecule has 2 fully saturated rings. The molecule has 2 aliphatic rings. The van der Waals surface area contributed by atoms with E-state index < -0.39 is 0 Å². The summed E-state index contributed by atoms with van der Waals surface area (Å²) in [5.74, 6) is 0. The zero-order valence-electron chi connectivity index (χ0n) is 12.2. The fourth-order valence-electron chi connectivity index (χ4n) is 3.38. The second kappa shape index (κ2) is 6.85. The average Bonchev–Trinajstić information content (AvgIpc) is 2.40. The summed E-state index contributed by atoms with van der Waals surface area (Å²) in [6.45, 7) is 14.4. The van der Waals surface area contributed by atoms with Gasteiger partial charge in [-0.2, -0.15) is 0 Å². The van der Waals surface area contributed by atoms with Crippen LogP contribution in [0.4, 0.5) is 0 Å². The van der Waals surface area contributed by atoms with E-state index in [0.717, 1.165) is 26.2 Å². The van der Waals surface area contributed by atoms with E-state index in [1.807, 2.05) is 0 Å². The maximum atomic E-state index is 5.71. The van der Waals surface area contributed by atoms with E-state index in [0.29, 0.717) is 18.1 Å². The van der Waals surface area contributed by atoms with Gasteiger partial charge in [0.1, 0.15) is 0 Å². The van der Waals surface area contributed by atoms with Gasteiger partial charge in [0.2, 0.25) is 0 Å². The highest BCUT2D eigenvalue weighted by molar-refractivity contribution is 4.91. The quantitative estimate of drug-likeness (QED) is 0.803. The molecule has 2 heterocycles. The van der Waals surface area contributed by atoms with E-state index >= 15 is 0 Å². The Morgan fingerprint density at radius 1 is 1.28 bits per heavy atom. The molecule has 0 spiro atoms. The van der Waals surface area contributed by atoms with Gasteiger partial charge in [0, 0.05) is 44.4 Å². The molecular weight excluding hydrogens is 226 g/mol. The monoisotopic (exact) mass is 255 g/mol. The van der Waals surface area contributed by atoms with Gasteiger partial charge in [0.15, 0.2) is 0 Å². The van der Waals surface area contributed by atoms with Crippen LogP contribution in [-0.4, -0.2) is 73.9 Å². The van der Waals surface area contributed by atoms with Gasteiger partial charge < -0.3 is 10.1 Å². The molecule has 2 rings (SSSR count). The maximum Gasteiger partial charge on any atom is 0.0637 e. The van der Waals surface area contributed by atoms with Crippen molar-refractivity contribution in [2.45, 2.75) is 45.3 Å². The van der Waals surface area contributed by atoms with Gasteiger partial charge in [-0.05, 0) is 26.4 Å². The Kier molecular flexibility index (Phi) is 5.42. The molecule has 4 nitrogen and oxygen atoms in total. The first-order chi connectivity index (χ1) is 8.76. The summed E-state index contributed by atoms with van der Waals surface area (Å²) < 4.78 is 5.71. The molecule has 0 saturated carbocycles. The molecule has 0 aromatic carbocycles. The van der Waals surface area contributed by atoms with Crippen LogP contribution in [0.15, 0.2) is 0 Å². The van der Waals surface area contributed by atoms with E-state index in [-0.39, 0.29) is 0 Å². The molecule has 0 radical (unpaired) electrons. The predicted molar refractivity (Wildman–Crippen MR) is 75.0 cm³/mol. The molecular formula is C14H29N3O. The summed E-state index contributed by atoms with van der Waals surface area (Å²) in [4.78, 5) is 5.21. The molecule has 3 unspecified atom stereocenters. The van der Waals surface area contributed by atoms with Crippen molar-refractivity contribution in [2.24, 2.45) is 0 Å². The van der Waals surface area contributed by atoms with Crippen molar-refractivity contribution in [3.8, 4) is 0 Å². The third-order valence-corrected chi connectivity index (χ3v) is 4.46. The summed E-state index contributed by atoms with van der Waals surface area (Å²) in [5, 5.41) is 3.64. The molecule has 3 atom stereocenters. The number of likely N-dealkylation sites (N-methyl/N-ethyl adjacent to an activating group) is 2. The van der Waals surface area contributed by atoms with E-state index in [2.05, 4.69) is 35.9 Å². The van der Waals surface area contributed by atoms with Gasteiger partial charge in [-0.1, -0.05) is 13.8 Å².